The number of nitrogens with zero attached hydrogens (tertiary/aromatic N) is 2. The van der Waals surface area contributed by atoms with Crippen LogP contribution < -0.4 is 0 Å². The molecule has 0 aliphatic heterocycles. The molecule has 0 heterocycles. The lowest BCUT2D eigenvalue weighted by Crippen LogP contribution is -2.23. The van der Waals surface area contributed by atoms with Crippen molar-refractivity contribution >= 4 is 12.1 Å². The molecule has 100 valence electrons. The molecule has 0 radical (unpaired) electrons. The molecule has 2 rings (SSSR count). The van der Waals surface area contributed by atoms with Gasteiger partial charge in [0.2, 0.25) is 0 Å². The summed E-state index contributed by atoms with van der Waals surface area (Å²) >= 11 is 0. The van der Waals surface area contributed by atoms with E-state index in [1.807, 2.05) is 60.7 Å². The van der Waals surface area contributed by atoms with E-state index in [1.165, 1.54) is 11.1 Å². The zero-order valence-electron chi connectivity index (χ0n) is 11.1. The number of rotatable bonds is 5. The van der Waals surface area contributed by atoms with Gasteiger partial charge in [0.1, 0.15) is 0 Å². The van der Waals surface area contributed by atoms with Crippen molar-refractivity contribution in [3.8, 4) is 0 Å². The van der Waals surface area contributed by atoms with Gasteiger partial charge in [0.15, 0.2) is 0 Å². The summed E-state index contributed by atoms with van der Waals surface area (Å²) in [5.41, 5.74) is 1.97. The smallest absolute Gasteiger partial charge is 0.266 e. The maximum atomic E-state index is 11.8. The summed E-state index contributed by atoms with van der Waals surface area (Å²) in [6.07, 6.45) is 2.94. The first-order chi connectivity index (χ1) is 9.79. The van der Waals surface area contributed by atoms with Crippen LogP contribution in [-0.4, -0.2) is 17.1 Å². The number of hydrogen-bond donors (Lipinski definition) is 0. The first-order valence-corrected chi connectivity index (χ1v) is 6.36. The molecular formula is C17H16N2O. The van der Waals surface area contributed by atoms with Crippen molar-refractivity contribution in [1.29, 1.82) is 0 Å². The van der Waals surface area contributed by atoms with Crippen LogP contribution in [-0.2, 0) is 11.3 Å². The molecule has 1 amide bonds. The van der Waals surface area contributed by atoms with Gasteiger partial charge < -0.3 is 0 Å². The Bertz CT molecular complexity index is 591. The SMILES string of the molecule is C=CC(=O)N(Cc1ccccc1)/N=C/c1ccccc1. The number of hydrazone groups is 1. The fourth-order valence-corrected chi connectivity index (χ4v) is 1.71. The molecule has 0 saturated carbocycles. The lowest BCUT2D eigenvalue weighted by Gasteiger charge is -2.15. The highest BCUT2D eigenvalue weighted by Gasteiger charge is 2.08. The van der Waals surface area contributed by atoms with Gasteiger partial charge in [-0.15, -0.1) is 0 Å². The second-order valence-electron chi connectivity index (χ2n) is 4.24. The second kappa shape index (κ2) is 7.04. The molecule has 0 bridgehead atoms. The third kappa shape index (κ3) is 3.92. The number of carbonyl (C=O) groups is 1. The molecule has 20 heavy (non-hydrogen) atoms. The van der Waals surface area contributed by atoms with Crippen LogP contribution >= 0.6 is 0 Å². The van der Waals surface area contributed by atoms with Crippen molar-refractivity contribution < 1.29 is 4.79 Å². The maximum absolute atomic E-state index is 11.8. The number of carbonyl (C=O) groups excluding carboxylic acids is 1. The monoisotopic (exact) mass is 264 g/mol. The van der Waals surface area contributed by atoms with Crippen LogP contribution in [0.15, 0.2) is 78.4 Å². The van der Waals surface area contributed by atoms with E-state index < -0.39 is 0 Å². The Kier molecular flexibility index (Phi) is 4.84. The summed E-state index contributed by atoms with van der Waals surface area (Å²) in [4.78, 5) is 11.8. The van der Waals surface area contributed by atoms with Crippen molar-refractivity contribution in [1.82, 2.24) is 5.01 Å². The zero-order chi connectivity index (χ0) is 14.2. The predicted octanol–water partition coefficient (Wildman–Crippen LogP) is 3.24. The number of hydrogen-bond acceptors (Lipinski definition) is 2. The van der Waals surface area contributed by atoms with Crippen LogP contribution in [0.25, 0.3) is 0 Å². The van der Waals surface area contributed by atoms with Crippen LogP contribution in [0.4, 0.5) is 0 Å². The van der Waals surface area contributed by atoms with Crippen LogP contribution in [0, 0.1) is 0 Å². The van der Waals surface area contributed by atoms with Crippen molar-refractivity contribution in [3.05, 3.63) is 84.4 Å². The first-order valence-electron chi connectivity index (χ1n) is 6.36. The summed E-state index contributed by atoms with van der Waals surface area (Å²) in [6, 6.07) is 19.4. The van der Waals surface area contributed by atoms with Gasteiger partial charge in [-0.05, 0) is 17.2 Å². The fourth-order valence-electron chi connectivity index (χ4n) is 1.71. The quantitative estimate of drug-likeness (QED) is 0.463. The number of amides is 1. The molecule has 0 unspecified atom stereocenters. The molecule has 3 nitrogen and oxygen atoms in total. The Hall–Kier alpha value is -2.68. The average molecular weight is 264 g/mol. The van der Waals surface area contributed by atoms with Crippen molar-refractivity contribution in [2.75, 3.05) is 0 Å². The Balaban J connectivity index is 2.14. The number of benzene rings is 2. The summed E-state index contributed by atoms with van der Waals surface area (Å²) in [6.45, 7) is 3.94. The highest BCUT2D eigenvalue weighted by molar-refractivity contribution is 5.88. The molecule has 0 N–H and O–H groups in total. The molecule has 0 aliphatic carbocycles. The summed E-state index contributed by atoms with van der Waals surface area (Å²) in [5.74, 6) is -0.221. The molecule has 0 saturated heterocycles. The first kappa shape index (κ1) is 13.7. The van der Waals surface area contributed by atoms with Gasteiger partial charge in [0, 0.05) is 0 Å². The molecule has 0 aliphatic rings. The van der Waals surface area contributed by atoms with E-state index in [0.717, 1.165) is 11.1 Å². The molecule has 0 fully saturated rings. The van der Waals surface area contributed by atoms with E-state index in [9.17, 15) is 4.79 Å². The maximum Gasteiger partial charge on any atom is 0.266 e. The summed E-state index contributed by atoms with van der Waals surface area (Å²) in [7, 11) is 0. The molecule has 3 heteroatoms. The predicted molar refractivity (Wildman–Crippen MR) is 81.2 cm³/mol. The Morgan fingerprint density at radius 3 is 2.25 bits per heavy atom. The van der Waals surface area contributed by atoms with Gasteiger partial charge >= 0.3 is 0 Å². The standard InChI is InChI=1S/C17H16N2O/c1-2-17(20)19(14-16-11-7-4-8-12-16)18-13-15-9-5-3-6-10-15/h2-13H,1,14H2/b18-13+. The largest absolute Gasteiger partial charge is 0.268 e. The lowest BCUT2D eigenvalue weighted by atomic mass is 10.2. The van der Waals surface area contributed by atoms with Crippen LogP contribution in [0.2, 0.25) is 0 Å². The zero-order valence-corrected chi connectivity index (χ0v) is 11.1. The Morgan fingerprint density at radius 2 is 1.65 bits per heavy atom. The van der Waals surface area contributed by atoms with E-state index in [2.05, 4.69) is 11.7 Å². The minimum atomic E-state index is -0.221. The van der Waals surface area contributed by atoms with Crippen molar-refractivity contribution in [3.63, 3.8) is 0 Å². The van der Waals surface area contributed by atoms with Gasteiger partial charge in [-0.3, -0.25) is 4.79 Å². The highest BCUT2D eigenvalue weighted by Crippen LogP contribution is 2.06. The van der Waals surface area contributed by atoms with E-state index in [4.69, 9.17) is 0 Å². The topological polar surface area (TPSA) is 32.7 Å². The third-order valence-electron chi connectivity index (χ3n) is 2.75. The van der Waals surface area contributed by atoms with Gasteiger partial charge in [0.05, 0.1) is 12.8 Å². The fraction of sp³-hybridized carbons (Fsp3) is 0.0588. The van der Waals surface area contributed by atoms with Gasteiger partial charge in [-0.1, -0.05) is 67.2 Å². The molecule has 0 atom stereocenters. The normalized spacial score (nSPS) is 10.4. The lowest BCUT2D eigenvalue weighted by molar-refractivity contribution is -0.126. The van der Waals surface area contributed by atoms with E-state index in [1.54, 1.807) is 6.21 Å². The third-order valence-corrected chi connectivity index (χ3v) is 2.75. The van der Waals surface area contributed by atoms with Gasteiger partial charge in [0.25, 0.3) is 5.91 Å². The molecule has 0 spiro atoms. The van der Waals surface area contributed by atoms with E-state index in [-0.39, 0.29) is 5.91 Å². The minimum absolute atomic E-state index is 0.221. The molecule has 2 aromatic carbocycles. The highest BCUT2D eigenvalue weighted by atomic mass is 16.2. The molecule has 2 aromatic rings. The van der Waals surface area contributed by atoms with Crippen LogP contribution in [0.3, 0.4) is 0 Å². The second-order valence-corrected chi connectivity index (χ2v) is 4.24. The van der Waals surface area contributed by atoms with Crippen molar-refractivity contribution in [2.24, 2.45) is 5.10 Å². The van der Waals surface area contributed by atoms with Gasteiger partial charge in [-0.25, -0.2) is 5.01 Å². The van der Waals surface area contributed by atoms with Gasteiger partial charge in [-0.2, -0.15) is 5.10 Å². The summed E-state index contributed by atoms with van der Waals surface area (Å²) in [5, 5.41) is 5.65. The molecular weight excluding hydrogens is 248 g/mol. The van der Waals surface area contributed by atoms with E-state index in [0.29, 0.717) is 6.54 Å². The molecule has 0 aromatic heterocycles. The Labute approximate surface area is 118 Å². The Morgan fingerprint density at radius 1 is 1.05 bits per heavy atom. The van der Waals surface area contributed by atoms with E-state index >= 15 is 0 Å². The minimum Gasteiger partial charge on any atom is -0.268 e. The van der Waals surface area contributed by atoms with Crippen molar-refractivity contribution in [2.45, 2.75) is 6.54 Å². The van der Waals surface area contributed by atoms with Crippen LogP contribution in [0.1, 0.15) is 11.1 Å². The van der Waals surface area contributed by atoms with Crippen LogP contribution in [0.5, 0.6) is 0 Å². The summed E-state index contributed by atoms with van der Waals surface area (Å²) < 4.78 is 0. The average Bonchev–Trinajstić information content (AvgIpc) is 2.52.